The van der Waals surface area contributed by atoms with E-state index in [0.717, 1.165) is 12.1 Å². The average molecular weight is 455 g/mol. The molecule has 1 amide bonds. The number of amidine groups is 1. The Morgan fingerprint density at radius 3 is 2.66 bits per heavy atom. The number of nitrogens with one attached hydrogen (secondary N) is 1. The molecule has 3 N–H and O–H groups in total. The van der Waals surface area contributed by atoms with Crippen LogP contribution in [0.5, 0.6) is 5.88 Å². The topological polar surface area (TPSA) is 112 Å². The van der Waals surface area contributed by atoms with Crippen LogP contribution in [0.1, 0.15) is 29.4 Å². The number of benzene rings is 1. The van der Waals surface area contributed by atoms with Crippen molar-refractivity contribution in [3.05, 3.63) is 47.7 Å². The number of anilines is 1. The molecular weight excluding hydrogens is 434 g/mol. The third-order valence-corrected chi connectivity index (χ3v) is 5.03. The fourth-order valence-electron chi connectivity index (χ4n) is 3.44. The lowest BCUT2D eigenvalue weighted by Crippen LogP contribution is -2.38. The van der Waals surface area contributed by atoms with Crippen molar-refractivity contribution in [2.45, 2.75) is 25.1 Å². The lowest BCUT2D eigenvalue weighted by Gasteiger charge is -2.31. The Morgan fingerprint density at radius 2 is 2.03 bits per heavy atom. The Labute approximate surface area is 180 Å². The van der Waals surface area contributed by atoms with Crippen LogP contribution in [0.25, 0.3) is 0 Å². The monoisotopic (exact) mass is 455 g/mol. The molecule has 0 bridgehead atoms. The molecule has 2 heterocycles. The van der Waals surface area contributed by atoms with Gasteiger partial charge in [-0.25, -0.2) is 14.4 Å². The van der Waals surface area contributed by atoms with Crippen molar-refractivity contribution in [2.24, 2.45) is 16.6 Å². The second kappa shape index (κ2) is 9.07. The van der Waals surface area contributed by atoms with Crippen molar-refractivity contribution < 1.29 is 31.8 Å². The molecule has 1 aliphatic rings. The fraction of sp³-hybridized carbons (Fsp3) is 0.400. The van der Waals surface area contributed by atoms with Crippen molar-refractivity contribution in [2.75, 3.05) is 25.6 Å². The van der Waals surface area contributed by atoms with Gasteiger partial charge < -0.3 is 20.5 Å². The summed E-state index contributed by atoms with van der Waals surface area (Å²) in [7, 11) is 1.51. The van der Waals surface area contributed by atoms with Crippen molar-refractivity contribution >= 4 is 17.4 Å². The fourth-order valence-corrected chi connectivity index (χ4v) is 3.44. The molecule has 0 spiro atoms. The summed E-state index contributed by atoms with van der Waals surface area (Å²) >= 11 is 0. The molecule has 0 unspecified atom stereocenters. The molecule has 2 aromatic rings. The van der Waals surface area contributed by atoms with E-state index < -0.39 is 35.8 Å². The van der Waals surface area contributed by atoms with Crippen molar-refractivity contribution in [1.82, 2.24) is 9.97 Å². The van der Waals surface area contributed by atoms with Crippen LogP contribution in [0.4, 0.5) is 23.2 Å². The molecule has 1 aromatic heterocycles. The number of carbonyl (C=O) groups excluding carboxylic acids is 1. The van der Waals surface area contributed by atoms with Crippen LogP contribution < -0.4 is 15.8 Å². The predicted molar refractivity (Wildman–Crippen MR) is 107 cm³/mol. The van der Waals surface area contributed by atoms with Crippen LogP contribution in [0.15, 0.2) is 35.6 Å². The van der Waals surface area contributed by atoms with Gasteiger partial charge >= 0.3 is 6.18 Å². The summed E-state index contributed by atoms with van der Waals surface area (Å²) in [6.07, 6.45) is -2.77. The first-order valence-electron chi connectivity index (χ1n) is 9.50. The van der Waals surface area contributed by atoms with Crippen LogP contribution in [-0.4, -0.2) is 48.2 Å². The number of nitrogens with two attached hydrogens (primary N) is 1. The van der Waals surface area contributed by atoms with E-state index in [1.165, 1.54) is 32.5 Å². The first kappa shape index (κ1) is 23.4. The van der Waals surface area contributed by atoms with E-state index in [0.29, 0.717) is 6.61 Å². The molecule has 0 saturated heterocycles. The van der Waals surface area contributed by atoms with Gasteiger partial charge in [0.25, 0.3) is 5.91 Å². The predicted octanol–water partition coefficient (Wildman–Crippen LogP) is 3.05. The third-order valence-electron chi connectivity index (χ3n) is 5.03. The number of ether oxygens (including phenoxy) is 2. The van der Waals surface area contributed by atoms with E-state index in [9.17, 15) is 22.4 Å². The molecule has 1 aromatic carbocycles. The smallest absolute Gasteiger partial charge is 0.394 e. The zero-order valence-electron chi connectivity index (χ0n) is 17.2. The molecular formula is C20H21F4N5O3. The molecule has 0 saturated carbocycles. The van der Waals surface area contributed by atoms with Crippen LogP contribution in [0, 0.1) is 11.7 Å². The van der Waals surface area contributed by atoms with Gasteiger partial charge in [-0.1, -0.05) is 0 Å². The van der Waals surface area contributed by atoms with E-state index in [-0.39, 0.29) is 35.3 Å². The summed E-state index contributed by atoms with van der Waals surface area (Å²) in [6.45, 7) is 1.77. The zero-order chi connectivity index (χ0) is 23.5. The highest BCUT2D eigenvalue weighted by molar-refractivity contribution is 6.02. The Kier molecular flexibility index (Phi) is 6.63. The number of rotatable bonds is 7. The van der Waals surface area contributed by atoms with Crippen LogP contribution in [-0.2, 0) is 10.3 Å². The first-order valence-corrected chi connectivity index (χ1v) is 9.50. The van der Waals surface area contributed by atoms with Crippen molar-refractivity contribution in [1.29, 1.82) is 0 Å². The van der Waals surface area contributed by atoms with E-state index in [2.05, 4.69) is 20.3 Å². The second-order valence-electron chi connectivity index (χ2n) is 7.28. The van der Waals surface area contributed by atoms with Crippen LogP contribution >= 0.6 is 0 Å². The minimum absolute atomic E-state index is 0.0662. The SMILES string of the molecule is COCCOc1cnc(C(=O)Nc2ccc(F)c([C@]3(C)N=C(N)C[C@@H]3C(F)(F)F)c2)cn1. The zero-order valence-corrected chi connectivity index (χ0v) is 17.2. The van der Waals surface area contributed by atoms with E-state index in [1.54, 1.807) is 0 Å². The number of carbonyl (C=O) groups is 1. The highest BCUT2D eigenvalue weighted by atomic mass is 19.4. The van der Waals surface area contributed by atoms with Crippen molar-refractivity contribution in [3.63, 3.8) is 0 Å². The summed E-state index contributed by atoms with van der Waals surface area (Å²) < 4.78 is 65.3. The molecule has 0 radical (unpaired) electrons. The van der Waals surface area contributed by atoms with E-state index >= 15 is 0 Å². The molecule has 0 fully saturated rings. The van der Waals surface area contributed by atoms with Gasteiger partial charge in [0.1, 0.15) is 18.1 Å². The number of hydrogen-bond acceptors (Lipinski definition) is 7. The number of aromatic nitrogens is 2. The molecule has 3 rings (SSSR count). The second-order valence-corrected chi connectivity index (χ2v) is 7.28. The van der Waals surface area contributed by atoms with Gasteiger partial charge in [0, 0.05) is 24.8 Å². The molecule has 0 aliphatic carbocycles. The van der Waals surface area contributed by atoms with Crippen LogP contribution in [0.3, 0.4) is 0 Å². The Morgan fingerprint density at radius 1 is 1.28 bits per heavy atom. The first-order chi connectivity index (χ1) is 15.0. The molecule has 32 heavy (non-hydrogen) atoms. The number of methoxy groups -OCH3 is 1. The summed E-state index contributed by atoms with van der Waals surface area (Å²) in [5.41, 5.74) is 3.26. The van der Waals surface area contributed by atoms with Gasteiger partial charge in [0.15, 0.2) is 0 Å². The minimum Gasteiger partial charge on any atom is -0.474 e. The molecule has 172 valence electrons. The lowest BCUT2D eigenvalue weighted by molar-refractivity contribution is -0.187. The molecule has 8 nitrogen and oxygen atoms in total. The maximum atomic E-state index is 14.6. The largest absolute Gasteiger partial charge is 0.474 e. The highest BCUT2D eigenvalue weighted by Crippen LogP contribution is 2.49. The van der Waals surface area contributed by atoms with Crippen molar-refractivity contribution in [3.8, 4) is 5.88 Å². The number of aliphatic imine (C=N–C) groups is 1. The van der Waals surface area contributed by atoms with Gasteiger partial charge in [-0.05, 0) is 25.1 Å². The van der Waals surface area contributed by atoms with Gasteiger partial charge in [0.05, 0.1) is 36.3 Å². The number of amides is 1. The van der Waals surface area contributed by atoms with Crippen LogP contribution in [0.2, 0.25) is 0 Å². The van der Waals surface area contributed by atoms with E-state index in [1.807, 2.05) is 0 Å². The summed E-state index contributed by atoms with van der Waals surface area (Å²) in [4.78, 5) is 24.2. The maximum Gasteiger partial charge on any atom is 0.394 e. The minimum atomic E-state index is -4.65. The normalized spacial score (nSPS) is 20.7. The van der Waals surface area contributed by atoms with E-state index in [4.69, 9.17) is 15.2 Å². The average Bonchev–Trinajstić information content (AvgIpc) is 3.05. The summed E-state index contributed by atoms with van der Waals surface area (Å²) in [5, 5.41) is 2.47. The lowest BCUT2D eigenvalue weighted by atomic mass is 9.79. The third kappa shape index (κ3) is 4.96. The van der Waals surface area contributed by atoms with Gasteiger partial charge in [-0.2, -0.15) is 13.2 Å². The number of halogens is 4. The Bertz CT molecular complexity index is 1010. The Hall–Kier alpha value is -3.28. The van der Waals surface area contributed by atoms with Gasteiger partial charge in [-0.15, -0.1) is 0 Å². The quantitative estimate of drug-likeness (QED) is 0.490. The number of alkyl halides is 3. The summed E-state index contributed by atoms with van der Waals surface area (Å²) in [6, 6.07) is 3.30. The standard InChI is InChI=1S/C20H21F4N5O3/c1-19(15(20(22,23)24)8-16(25)29-19)12-7-11(3-4-13(12)21)28-18(30)14-9-27-17(10-26-14)32-6-5-31-2/h3-4,7,9-10,15H,5-6,8H2,1-2H3,(H2,25,29)(H,28,30)/t15-,19-/m0/s1. The highest BCUT2D eigenvalue weighted by Gasteiger charge is 2.56. The molecule has 12 heteroatoms. The summed E-state index contributed by atoms with van der Waals surface area (Å²) in [5.74, 6) is -3.61. The number of hydrogen-bond donors (Lipinski definition) is 2. The number of nitrogens with zero attached hydrogens (tertiary/aromatic N) is 3. The molecule has 1 aliphatic heterocycles. The van der Waals surface area contributed by atoms with Gasteiger partial charge in [-0.3, -0.25) is 9.79 Å². The van der Waals surface area contributed by atoms with Gasteiger partial charge in [0.2, 0.25) is 5.88 Å². The maximum absolute atomic E-state index is 14.6. The molecule has 2 atom stereocenters. The Balaban J connectivity index is 1.81.